The van der Waals surface area contributed by atoms with Crippen LogP contribution in [-0.4, -0.2) is 39.2 Å². The van der Waals surface area contributed by atoms with Crippen LogP contribution >= 0.6 is 0 Å². The lowest BCUT2D eigenvalue weighted by Gasteiger charge is -2.16. The lowest BCUT2D eigenvalue weighted by atomic mass is 10.4. The molecule has 1 aromatic heterocycles. The zero-order valence-corrected chi connectivity index (χ0v) is 14.4. The normalized spacial score (nSPS) is 16.2. The predicted molar refractivity (Wildman–Crippen MR) is 89.5 cm³/mol. The summed E-state index contributed by atoms with van der Waals surface area (Å²) in [5, 5.41) is 0. The number of sulfonamides is 2. The van der Waals surface area contributed by atoms with Gasteiger partial charge in [0.25, 0.3) is 10.0 Å². The number of benzene rings is 1. The summed E-state index contributed by atoms with van der Waals surface area (Å²) in [7, 11) is -7.56. The van der Waals surface area contributed by atoms with Crippen molar-refractivity contribution in [3.05, 3.63) is 48.8 Å². The summed E-state index contributed by atoms with van der Waals surface area (Å²) < 4.78 is 53.8. The van der Waals surface area contributed by atoms with Gasteiger partial charge in [-0.25, -0.2) is 16.8 Å². The van der Waals surface area contributed by atoms with E-state index in [9.17, 15) is 16.8 Å². The second kappa shape index (κ2) is 6.50. The Hall–Kier alpha value is -1.97. The predicted octanol–water partition coefficient (Wildman–Crippen LogP) is 1.67. The molecule has 0 amide bonds. The first-order valence-electron chi connectivity index (χ1n) is 7.43. The number of anilines is 1. The van der Waals surface area contributed by atoms with Crippen LogP contribution in [0.2, 0.25) is 0 Å². The van der Waals surface area contributed by atoms with Crippen LogP contribution in [0, 0.1) is 0 Å². The minimum Gasteiger partial charge on any atom is -0.278 e. The van der Waals surface area contributed by atoms with Crippen LogP contribution in [0.15, 0.2) is 58.6 Å². The van der Waals surface area contributed by atoms with Gasteiger partial charge in [-0.1, -0.05) is 6.07 Å². The molecule has 0 radical (unpaired) electrons. The van der Waals surface area contributed by atoms with E-state index < -0.39 is 20.0 Å². The van der Waals surface area contributed by atoms with Gasteiger partial charge < -0.3 is 0 Å². The highest BCUT2D eigenvalue weighted by atomic mass is 32.2. The fourth-order valence-corrected chi connectivity index (χ4v) is 5.24. The molecule has 0 unspecified atom stereocenters. The SMILES string of the molecule is O=S(=O)(Nc1cccnc1)c1cccc(S(=O)(=O)N2CCCC2)c1. The fourth-order valence-electron chi connectivity index (χ4n) is 2.52. The van der Waals surface area contributed by atoms with Crippen molar-refractivity contribution in [2.45, 2.75) is 22.6 Å². The maximum Gasteiger partial charge on any atom is 0.261 e. The van der Waals surface area contributed by atoms with E-state index in [1.807, 2.05) is 0 Å². The molecule has 0 saturated carbocycles. The van der Waals surface area contributed by atoms with Crippen LogP contribution in [0.25, 0.3) is 0 Å². The second-order valence-corrected chi connectivity index (χ2v) is 9.05. The Morgan fingerprint density at radius 3 is 2.33 bits per heavy atom. The van der Waals surface area contributed by atoms with Gasteiger partial charge in [-0.3, -0.25) is 9.71 Å². The molecule has 1 aliphatic rings. The zero-order chi connectivity index (χ0) is 17.2. The Labute approximate surface area is 141 Å². The second-order valence-electron chi connectivity index (χ2n) is 5.43. The highest BCUT2D eigenvalue weighted by Crippen LogP contribution is 2.24. The Morgan fingerprint density at radius 1 is 0.958 bits per heavy atom. The van der Waals surface area contributed by atoms with Gasteiger partial charge in [-0.2, -0.15) is 4.31 Å². The summed E-state index contributed by atoms with van der Waals surface area (Å²) in [5.41, 5.74) is 0.310. The van der Waals surface area contributed by atoms with Crippen molar-refractivity contribution in [1.82, 2.24) is 9.29 Å². The molecule has 0 aliphatic carbocycles. The summed E-state index contributed by atoms with van der Waals surface area (Å²) in [6.07, 6.45) is 4.54. The standard InChI is InChI=1S/C15H17N3O4S2/c19-23(20,17-13-5-4-8-16-12-13)14-6-3-7-15(11-14)24(21,22)18-9-1-2-10-18/h3-8,11-12,17H,1-2,9-10H2. The van der Waals surface area contributed by atoms with Crippen LogP contribution in [0.4, 0.5) is 5.69 Å². The number of hydrogen-bond donors (Lipinski definition) is 1. The third-order valence-corrected chi connectivity index (χ3v) is 7.01. The number of rotatable bonds is 5. The maximum absolute atomic E-state index is 12.6. The fraction of sp³-hybridized carbons (Fsp3) is 0.267. The highest BCUT2D eigenvalue weighted by Gasteiger charge is 2.28. The molecule has 9 heteroatoms. The van der Waals surface area contributed by atoms with Crippen molar-refractivity contribution in [2.75, 3.05) is 17.8 Å². The molecule has 128 valence electrons. The molecule has 3 rings (SSSR count). The molecular formula is C15H17N3O4S2. The highest BCUT2D eigenvalue weighted by molar-refractivity contribution is 7.93. The maximum atomic E-state index is 12.6. The van der Waals surface area contributed by atoms with Crippen molar-refractivity contribution in [2.24, 2.45) is 0 Å². The molecule has 2 heterocycles. The minimum absolute atomic E-state index is 0.0153. The lowest BCUT2D eigenvalue weighted by Crippen LogP contribution is -2.28. The molecule has 0 bridgehead atoms. The Bertz CT molecular complexity index is 922. The third-order valence-electron chi connectivity index (χ3n) is 3.73. The molecule has 1 saturated heterocycles. The van der Waals surface area contributed by atoms with E-state index in [1.165, 1.54) is 41.0 Å². The van der Waals surface area contributed by atoms with Gasteiger partial charge in [-0.05, 0) is 43.2 Å². The number of hydrogen-bond acceptors (Lipinski definition) is 5. The number of pyridine rings is 1. The van der Waals surface area contributed by atoms with E-state index >= 15 is 0 Å². The van der Waals surface area contributed by atoms with Gasteiger partial charge in [0.05, 0.1) is 21.7 Å². The van der Waals surface area contributed by atoms with Gasteiger partial charge in [0.2, 0.25) is 10.0 Å². The molecule has 2 aromatic rings. The van der Waals surface area contributed by atoms with E-state index in [0.29, 0.717) is 18.8 Å². The summed E-state index contributed by atoms with van der Waals surface area (Å²) in [5.74, 6) is 0. The first-order valence-corrected chi connectivity index (χ1v) is 10.3. The average molecular weight is 367 g/mol. The molecular weight excluding hydrogens is 350 g/mol. The molecule has 7 nitrogen and oxygen atoms in total. The lowest BCUT2D eigenvalue weighted by molar-refractivity contribution is 0.477. The van der Waals surface area contributed by atoms with E-state index in [-0.39, 0.29) is 9.79 Å². The molecule has 1 fully saturated rings. The van der Waals surface area contributed by atoms with Crippen molar-refractivity contribution < 1.29 is 16.8 Å². The quantitative estimate of drug-likeness (QED) is 0.867. The van der Waals surface area contributed by atoms with Crippen molar-refractivity contribution in [3.63, 3.8) is 0 Å². The molecule has 0 spiro atoms. The molecule has 1 N–H and O–H groups in total. The smallest absolute Gasteiger partial charge is 0.261 e. The number of nitrogens with one attached hydrogen (secondary N) is 1. The van der Waals surface area contributed by atoms with Crippen LogP contribution in [-0.2, 0) is 20.0 Å². The Kier molecular flexibility index (Phi) is 4.57. The van der Waals surface area contributed by atoms with Crippen molar-refractivity contribution in [1.29, 1.82) is 0 Å². The van der Waals surface area contributed by atoms with Crippen molar-refractivity contribution in [3.8, 4) is 0 Å². The monoisotopic (exact) mass is 367 g/mol. The number of aromatic nitrogens is 1. The average Bonchev–Trinajstić information content (AvgIpc) is 3.11. The number of nitrogens with zero attached hydrogens (tertiary/aromatic N) is 2. The van der Waals surface area contributed by atoms with E-state index in [2.05, 4.69) is 9.71 Å². The van der Waals surface area contributed by atoms with Gasteiger partial charge in [0.1, 0.15) is 0 Å². The summed E-state index contributed by atoms with van der Waals surface area (Å²) >= 11 is 0. The van der Waals surface area contributed by atoms with Crippen molar-refractivity contribution >= 4 is 25.7 Å². The van der Waals surface area contributed by atoms with Crippen LogP contribution in [0.1, 0.15) is 12.8 Å². The van der Waals surface area contributed by atoms with Crippen LogP contribution < -0.4 is 4.72 Å². The molecule has 24 heavy (non-hydrogen) atoms. The van der Waals surface area contributed by atoms with Gasteiger partial charge in [-0.15, -0.1) is 0 Å². The summed E-state index contributed by atoms with van der Waals surface area (Å²) in [4.78, 5) is 3.72. The summed E-state index contributed by atoms with van der Waals surface area (Å²) in [6, 6.07) is 8.56. The van der Waals surface area contributed by atoms with E-state index in [0.717, 1.165) is 12.8 Å². The van der Waals surface area contributed by atoms with Gasteiger partial charge in [0.15, 0.2) is 0 Å². The first kappa shape index (κ1) is 16.9. The Balaban J connectivity index is 1.92. The largest absolute Gasteiger partial charge is 0.278 e. The molecule has 1 aromatic carbocycles. The van der Waals surface area contributed by atoms with Gasteiger partial charge >= 0.3 is 0 Å². The van der Waals surface area contributed by atoms with E-state index in [4.69, 9.17) is 0 Å². The third kappa shape index (κ3) is 3.42. The zero-order valence-electron chi connectivity index (χ0n) is 12.8. The van der Waals surface area contributed by atoms with E-state index in [1.54, 1.807) is 12.1 Å². The van der Waals surface area contributed by atoms with Crippen LogP contribution in [0.5, 0.6) is 0 Å². The molecule has 1 aliphatic heterocycles. The first-order chi connectivity index (χ1) is 11.4. The topological polar surface area (TPSA) is 96.4 Å². The van der Waals surface area contributed by atoms with Crippen LogP contribution in [0.3, 0.4) is 0 Å². The minimum atomic E-state index is -3.89. The Morgan fingerprint density at radius 2 is 1.67 bits per heavy atom. The van der Waals surface area contributed by atoms with Gasteiger partial charge in [0, 0.05) is 19.3 Å². The summed E-state index contributed by atoms with van der Waals surface area (Å²) in [6.45, 7) is 0.931. The molecule has 0 atom stereocenters.